The van der Waals surface area contributed by atoms with E-state index in [1.165, 1.54) is 25.3 Å². The molecule has 12 heteroatoms. The monoisotopic (exact) mass is 433 g/mol. The third kappa shape index (κ3) is 3.99. The van der Waals surface area contributed by atoms with E-state index in [4.69, 9.17) is 4.74 Å². The number of tetrazole rings is 1. The van der Waals surface area contributed by atoms with Gasteiger partial charge in [-0.15, -0.1) is 4.68 Å². The van der Waals surface area contributed by atoms with Crippen molar-refractivity contribution in [2.75, 3.05) is 18.6 Å². The zero-order valence-electron chi connectivity index (χ0n) is 16.5. The van der Waals surface area contributed by atoms with Gasteiger partial charge in [0.05, 0.1) is 18.4 Å². The van der Waals surface area contributed by atoms with E-state index in [0.29, 0.717) is 15.8 Å². The number of benzene rings is 2. The number of aromatic carboxylic acids is 1. The average Bonchev–Trinajstić information content (AvgIpc) is 3.12. The lowest BCUT2D eigenvalue weighted by molar-refractivity contribution is 0.0697. The molecule has 2 aromatic carbocycles. The predicted molar refractivity (Wildman–Crippen MR) is 104 cm³/mol. The molecule has 0 saturated carbocycles. The predicted octanol–water partition coefficient (Wildman–Crippen LogP) is 2.30. The first kappa shape index (κ1) is 21.6. The summed E-state index contributed by atoms with van der Waals surface area (Å²) in [6.45, 7) is 1.81. The van der Waals surface area contributed by atoms with Crippen molar-refractivity contribution in [3.05, 3.63) is 64.1 Å². The van der Waals surface area contributed by atoms with Crippen LogP contribution in [0.15, 0.2) is 41.2 Å². The van der Waals surface area contributed by atoms with Crippen LogP contribution >= 0.6 is 0 Å². The number of halogens is 2. The normalized spacial score (nSPS) is 10.7. The van der Waals surface area contributed by atoms with Crippen LogP contribution in [0.4, 0.5) is 19.3 Å². The number of rotatable bonds is 6. The van der Waals surface area contributed by atoms with Crippen LogP contribution in [0, 0.1) is 11.6 Å². The molecule has 31 heavy (non-hydrogen) atoms. The molecule has 1 aromatic heterocycles. The maximum absolute atomic E-state index is 14.0. The summed E-state index contributed by atoms with van der Waals surface area (Å²) in [5.41, 5.74) is -2.02. The van der Waals surface area contributed by atoms with E-state index >= 15 is 0 Å². The molecule has 0 fully saturated rings. The largest absolute Gasteiger partial charge is 0.495 e. The van der Waals surface area contributed by atoms with E-state index < -0.39 is 35.0 Å². The van der Waals surface area contributed by atoms with Crippen molar-refractivity contribution in [1.82, 2.24) is 19.8 Å². The number of methoxy groups -OCH3 is 1. The number of carbonyl (C=O) groups excluding carboxylic acids is 1. The summed E-state index contributed by atoms with van der Waals surface area (Å²) in [4.78, 5) is 38.2. The Morgan fingerprint density at radius 1 is 1.16 bits per heavy atom. The van der Waals surface area contributed by atoms with E-state index in [9.17, 15) is 28.3 Å². The number of para-hydroxylation sites is 1. The molecule has 3 aromatic rings. The maximum atomic E-state index is 14.0. The van der Waals surface area contributed by atoms with Crippen LogP contribution in [0.3, 0.4) is 0 Å². The van der Waals surface area contributed by atoms with Gasteiger partial charge in [-0.05, 0) is 47.2 Å². The number of carboxylic acids is 1. The molecule has 10 nitrogen and oxygen atoms in total. The summed E-state index contributed by atoms with van der Waals surface area (Å²) in [6, 6.07) is 5.83. The van der Waals surface area contributed by atoms with Crippen molar-refractivity contribution < 1.29 is 28.2 Å². The lowest BCUT2D eigenvalue weighted by atomic mass is 10.1. The molecule has 0 aliphatic carbocycles. The molecule has 1 heterocycles. The van der Waals surface area contributed by atoms with E-state index in [0.717, 1.165) is 23.1 Å². The van der Waals surface area contributed by atoms with Crippen molar-refractivity contribution >= 4 is 17.7 Å². The number of nitrogens with zero attached hydrogens (tertiary/aromatic N) is 5. The zero-order chi connectivity index (χ0) is 22.7. The minimum Gasteiger partial charge on any atom is -0.495 e. The Morgan fingerprint density at radius 3 is 2.42 bits per heavy atom. The summed E-state index contributed by atoms with van der Waals surface area (Å²) >= 11 is 0. The number of hydrogen-bond acceptors (Lipinski definition) is 6. The van der Waals surface area contributed by atoms with E-state index in [1.807, 2.05) is 0 Å². The van der Waals surface area contributed by atoms with Gasteiger partial charge < -0.3 is 9.84 Å². The molecule has 0 spiro atoms. The van der Waals surface area contributed by atoms with E-state index in [2.05, 4.69) is 10.4 Å². The standard InChI is InChI=1S/C19H17F2N5O5/c1-3-9-24(14-10-11(17(27)28)7-8-15(14)31-2)18(29)26-19(30)25(22-23-26)16-12(20)5-4-6-13(16)21/h4-8,10H,3,9H2,1-2H3,(H,27,28). The fourth-order valence-corrected chi connectivity index (χ4v) is 2.89. The quantitative estimate of drug-likeness (QED) is 0.593. The van der Waals surface area contributed by atoms with Crippen LogP contribution < -0.4 is 15.3 Å². The van der Waals surface area contributed by atoms with E-state index in [1.54, 1.807) is 6.92 Å². The third-order valence-corrected chi connectivity index (χ3v) is 4.31. The van der Waals surface area contributed by atoms with Crippen molar-refractivity contribution in [2.24, 2.45) is 0 Å². The number of amides is 1. The minimum absolute atomic E-state index is 0.0611. The van der Waals surface area contributed by atoms with Crippen molar-refractivity contribution in [2.45, 2.75) is 13.3 Å². The lowest BCUT2D eigenvalue weighted by Crippen LogP contribution is -2.42. The molecule has 0 aliphatic rings. The number of carboxylic acid groups (broad SMARTS) is 1. The second-order valence-corrected chi connectivity index (χ2v) is 6.28. The van der Waals surface area contributed by atoms with Gasteiger partial charge in [0.1, 0.15) is 11.4 Å². The summed E-state index contributed by atoms with van der Waals surface area (Å²) in [5.74, 6) is -3.19. The fourth-order valence-electron chi connectivity index (χ4n) is 2.89. The van der Waals surface area contributed by atoms with Gasteiger partial charge in [0.2, 0.25) is 0 Å². The Hall–Kier alpha value is -4.09. The molecule has 0 saturated heterocycles. The number of ether oxygens (including phenoxy) is 1. The number of carbonyl (C=O) groups is 2. The number of aromatic nitrogens is 4. The average molecular weight is 433 g/mol. The second-order valence-electron chi connectivity index (χ2n) is 6.28. The molecule has 162 valence electrons. The molecular formula is C19H17F2N5O5. The number of anilines is 1. The smallest absolute Gasteiger partial charge is 0.377 e. The van der Waals surface area contributed by atoms with Gasteiger partial charge in [-0.25, -0.2) is 23.2 Å². The second kappa shape index (κ2) is 8.73. The van der Waals surface area contributed by atoms with Gasteiger partial charge in [-0.2, -0.15) is 4.68 Å². The molecular weight excluding hydrogens is 416 g/mol. The third-order valence-electron chi connectivity index (χ3n) is 4.31. The molecule has 1 amide bonds. The molecule has 3 rings (SSSR count). The minimum atomic E-state index is -1.23. The first-order valence-corrected chi connectivity index (χ1v) is 9.02. The summed E-state index contributed by atoms with van der Waals surface area (Å²) in [6.07, 6.45) is 0.428. The first-order valence-electron chi connectivity index (χ1n) is 9.02. The fraction of sp³-hybridized carbons (Fsp3) is 0.211. The van der Waals surface area contributed by atoms with Crippen LogP contribution in [0.25, 0.3) is 5.69 Å². The highest BCUT2D eigenvalue weighted by atomic mass is 19.1. The van der Waals surface area contributed by atoms with Crippen molar-refractivity contribution in [3.8, 4) is 11.4 Å². The van der Waals surface area contributed by atoms with Crippen LogP contribution in [-0.2, 0) is 0 Å². The Balaban J connectivity index is 2.11. The SMILES string of the molecule is CCCN(C(=O)n1nnn(-c2c(F)cccc2F)c1=O)c1cc(C(=O)O)ccc1OC. The van der Waals surface area contributed by atoms with Crippen molar-refractivity contribution in [3.63, 3.8) is 0 Å². The Morgan fingerprint density at radius 2 is 1.84 bits per heavy atom. The topological polar surface area (TPSA) is 120 Å². The summed E-state index contributed by atoms with van der Waals surface area (Å²) in [7, 11) is 1.33. The molecule has 0 radical (unpaired) electrons. The molecule has 0 bridgehead atoms. The highest BCUT2D eigenvalue weighted by Gasteiger charge is 2.27. The van der Waals surface area contributed by atoms with Crippen LogP contribution in [0.1, 0.15) is 23.7 Å². The van der Waals surface area contributed by atoms with Gasteiger partial charge in [0, 0.05) is 6.54 Å². The Labute approximate surface area is 173 Å². The van der Waals surface area contributed by atoms with Crippen LogP contribution in [0.5, 0.6) is 5.75 Å². The highest BCUT2D eigenvalue weighted by molar-refractivity contribution is 5.97. The first-order chi connectivity index (χ1) is 14.8. The molecule has 0 atom stereocenters. The van der Waals surface area contributed by atoms with Crippen LogP contribution in [0.2, 0.25) is 0 Å². The molecule has 0 aliphatic heterocycles. The van der Waals surface area contributed by atoms with Crippen LogP contribution in [-0.4, -0.2) is 50.6 Å². The molecule has 1 N–H and O–H groups in total. The summed E-state index contributed by atoms with van der Waals surface area (Å²) in [5, 5.41) is 16.1. The van der Waals surface area contributed by atoms with Crippen molar-refractivity contribution in [1.29, 1.82) is 0 Å². The Kier molecular flexibility index (Phi) is 6.09. The van der Waals surface area contributed by atoms with Gasteiger partial charge in [0.15, 0.2) is 11.6 Å². The van der Waals surface area contributed by atoms with Gasteiger partial charge in [0.25, 0.3) is 0 Å². The van der Waals surface area contributed by atoms with Gasteiger partial charge in [-0.1, -0.05) is 13.0 Å². The van der Waals surface area contributed by atoms with Gasteiger partial charge >= 0.3 is 17.7 Å². The van der Waals surface area contributed by atoms with E-state index in [-0.39, 0.29) is 23.5 Å². The lowest BCUT2D eigenvalue weighted by Gasteiger charge is -2.23. The maximum Gasteiger partial charge on any atom is 0.377 e. The van der Waals surface area contributed by atoms with Gasteiger partial charge in [-0.3, -0.25) is 4.90 Å². The molecule has 0 unspecified atom stereocenters. The summed E-state index contributed by atoms with van der Waals surface area (Å²) < 4.78 is 34.0. The highest BCUT2D eigenvalue weighted by Crippen LogP contribution is 2.30. The Bertz CT molecular complexity index is 1190. The number of hydrogen-bond donors (Lipinski definition) is 1. The zero-order valence-corrected chi connectivity index (χ0v) is 16.5.